The molecule has 0 aromatic heterocycles. The highest BCUT2D eigenvalue weighted by Gasteiger charge is 2.45. The van der Waals surface area contributed by atoms with Crippen LogP contribution in [0.4, 0.5) is 0 Å². The molecule has 2 rings (SSSR count). The van der Waals surface area contributed by atoms with Gasteiger partial charge in [-0.3, -0.25) is 14.4 Å². The number of hydrogen-bond donors (Lipinski definition) is 6. The Morgan fingerprint density at radius 2 is 0.671 bits per heavy atom. The molecule has 2 fully saturated rings. The van der Waals surface area contributed by atoms with Crippen molar-refractivity contribution in [2.24, 2.45) is 0 Å². The van der Waals surface area contributed by atoms with Crippen molar-refractivity contribution < 1.29 is 78.2 Å². The van der Waals surface area contributed by atoms with E-state index >= 15 is 0 Å². The van der Waals surface area contributed by atoms with Gasteiger partial charge in [0.2, 0.25) is 0 Å². The standard InChI is InChI=1S/C63H118O16/c1-6-9-12-15-18-20-22-24-26-28-31-34-37-43-53(64)73-46-52(77-54(65)44-38-35-32-29-27-25-23-21-19-16-13-10-7-2)47-74-55(66)45-51(79-63-61(72)59(70)57(68)49(5)76-63)42-39-41-50(40-36-33-30-17-14-11-8-3)78-62-60(71)58(69)56(67)48(4)75-62/h48-52,56-63,67-72H,6-47H2,1-5H3/t48-,49-,50?,51?,52?,56-,57-,58+,59+,60-,61-,62?,63?/m1/s1. The minimum Gasteiger partial charge on any atom is -0.462 e. The molecule has 0 saturated carbocycles. The number of carbonyl (C=O) groups is 3. The average molecular weight is 1130 g/mol. The summed E-state index contributed by atoms with van der Waals surface area (Å²) in [6.07, 6.45) is 24.6. The molecule has 16 heteroatoms. The molecule has 2 heterocycles. The van der Waals surface area contributed by atoms with E-state index in [-0.39, 0.29) is 38.9 Å². The zero-order chi connectivity index (χ0) is 57.9. The number of aliphatic hydroxyl groups is 6. The summed E-state index contributed by atoms with van der Waals surface area (Å²) in [5.74, 6) is -1.58. The molecule has 0 aromatic carbocycles. The topological polar surface area (TPSA) is 237 Å². The Morgan fingerprint density at radius 3 is 1.08 bits per heavy atom. The van der Waals surface area contributed by atoms with Gasteiger partial charge in [0, 0.05) is 12.8 Å². The highest BCUT2D eigenvalue weighted by Crippen LogP contribution is 2.29. The van der Waals surface area contributed by atoms with Crippen LogP contribution in [0.25, 0.3) is 0 Å². The molecule has 0 radical (unpaired) electrons. The van der Waals surface area contributed by atoms with E-state index in [4.69, 9.17) is 33.2 Å². The first-order valence-corrected chi connectivity index (χ1v) is 32.4. The third kappa shape index (κ3) is 35.0. The monoisotopic (exact) mass is 1130 g/mol. The van der Waals surface area contributed by atoms with Crippen LogP contribution >= 0.6 is 0 Å². The van der Waals surface area contributed by atoms with Gasteiger partial charge in [0.1, 0.15) is 49.8 Å². The number of esters is 3. The van der Waals surface area contributed by atoms with Crippen molar-refractivity contribution in [2.45, 2.75) is 371 Å². The van der Waals surface area contributed by atoms with E-state index in [1.807, 2.05) is 0 Å². The third-order valence-electron chi connectivity index (χ3n) is 16.0. The Hall–Kier alpha value is -1.99. The molecule has 16 nitrogen and oxygen atoms in total. The number of ether oxygens (including phenoxy) is 7. The van der Waals surface area contributed by atoms with E-state index in [1.54, 1.807) is 6.92 Å². The predicted octanol–water partition coefficient (Wildman–Crippen LogP) is 12.1. The van der Waals surface area contributed by atoms with E-state index < -0.39 is 97.6 Å². The summed E-state index contributed by atoms with van der Waals surface area (Å²) in [5, 5.41) is 63.5. The maximum atomic E-state index is 13.7. The molecule has 2 aliphatic heterocycles. The van der Waals surface area contributed by atoms with E-state index in [1.165, 1.54) is 135 Å². The number of aliphatic hydroxyl groups excluding tert-OH is 6. The molecule has 79 heavy (non-hydrogen) atoms. The van der Waals surface area contributed by atoms with Crippen LogP contribution in [0.5, 0.6) is 0 Å². The number of hydrogen-bond acceptors (Lipinski definition) is 16. The second kappa shape index (κ2) is 47.4. The summed E-state index contributed by atoms with van der Waals surface area (Å²) in [6.45, 7) is 9.15. The first-order chi connectivity index (χ1) is 38.2. The number of rotatable bonds is 51. The fourth-order valence-corrected chi connectivity index (χ4v) is 10.7. The van der Waals surface area contributed by atoms with Gasteiger partial charge in [-0.1, -0.05) is 220 Å². The maximum absolute atomic E-state index is 13.7. The van der Waals surface area contributed by atoms with Gasteiger partial charge >= 0.3 is 17.9 Å². The van der Waals surface area contributed by atoms with Crippen LogP contribution in [0.3, 0.4) is 0 Å². The van der Waals surface area contributed by atoms with Crippen LogP contribution in [0.2, 0.25) is 0 Å². The van der Waals surface area contributed by atoms with Gasteiger partial charge in [-0.15, -0.1) is 0 Å². The minimum atomic E-state index is -1.63. The van der Waals surface area contributed by atoms with Crippen molar-refractivity contribution in [2.75, 3.05) is 13.2 Å². The molecule has 5 unspecified atom stereocenters. The predicted molar refractivity (Wildman–Crippen MR) is 308 cm³/mol. The molecule has 0 spiro atoms. The van der Waals surface area contributed by atoms with Gasteiger partial charge in [-0.2, -0.15) is 0 Å². The lowest BCUT2D eigenvalue weighted by molar-refractivity contribution is -0.306. The highest BCUT2D eigenvalue weighted by atomic mass is 16.7. The fourth-order valence-electron chi connectivity index (χ4n) is 10.7. The Bertz CT molecular complexity index is 1470. The zero-order valence-corrected chi connectivity index (χ0v) is 50.5. The van der Waals surface area contributed by atoms with Crippen molar-refractivity contribution in [3.8, 4) is 0 Å². The van der Waals surface area contributed by atoms with Gasteiger partial charge < -0.3 is 63.8 Å². The molecule has 466 valence electrons. The van der Waals surface area contributed by atoms with Gasteiger partial charge in [0.25, 0.3) is 0 Å². The summed E-state index contributed by atoms with van der Waals surface area (Å²) in [7, 11) is 0. The summed E-state index contributed by atoms with van der Waals surface area (Å²) in [6, 6.07) is 0. The van der Waals surface area contributed by atoms with Crippen molar-refractivity contribution in [3.63, 3.8) is 0 Å². The smallest absolute Gasteiger partial charge is 0.308 e. The first-order valence-electron chi connectivity index (χ1n) is 32.4. The van der Waals surface area contributed by atoms with Crippen LogP contribution < -0.4 is 0 Å². The molecule has 2 aliphatic rings. The Balaban J connectivity index is 2.06. The summed E-state index contributed by atoms with van der Waals surface area (Å²) in [5.41, 5.74) is 0. The fraction of sp³-hybridized carbons (Fsp3) is 0.952. The molecular formula is C63H118O16. The minimum absolute atomic E-state index is 0.185. The van der Waals surface area contributed by atoms with Crippen LogP contribution in [0, 0.1) is 0 Å². The van der Waals surface area contributed by atoms with Crippen LogP contribution in [-0.2, 0) is 47.5 Å². The van der Waals surface area contributed by atoms with E-state index in [0.717, 1.165) is 70.6 Å². The normalized spacial score (nSPS) is 24.5. The number of carbonyl (C=O) groups excluding carboxylic acids is 3. The van der Waals surface area contributed by atoms with Crippen molar-refractivity contribution in [1.82, 2.24) is 0 Å². The first kappa shape index (κ1) is 73.1. The second-order valence-corrected chi connectivity index (χ2v) is 23.4. The van der Waals surface area contributed by atoms with Gasteiger partial charge in [0.05, 0.1) is 30.8 Å². The quantitative estimate of drug-likeness (QED) is 0.0189. The lowest BCUT2D eigenvalue weighted by Gasteiger charge is -2.40. The molecule has 0 aromatic rings. The van der Waals surface area contributed by atoms with E-state index in [2.05, 4.69) is 20.8 Å². The Labute approximate surface area is 478 Å². The Morgan fingerprint density at radius 1 is 0.354 bits per heavy atom. The lowest BCUT2D eigenvalue weighted by atomic mass is 9.98. The maximum Gasteiger partial charge on any atom is 0.308 e. The summed E-state index contributed by atoms with van der Waals surface area (Å²) in [4.78, 5) is 39.9. The van der Waals surface area contributed by atoms with Crippen LogP contribution in [-0.4, -0.2) is 141 Å². The highest BCUT2D eigenvalue weighted by molar-refractivity contribution is 5.71. The van der Waals surface area contributed by atoms with E-state index in [9.17, 15) is 45.0 Å². The summed E-state index contributed by atoms with van der Waals surface area (Å²) < 4.78 is 41.2. The van der Waals surface area contributed by atoms with Crippen LogP contribution in [0.1, 0.15) is 291 Å². The average Bonchev–Trinajstić information content (AvgIpc) is 3.43. The molecule has 0 amide bonds. The molecular weight excluding hydrogens is 1010 g/mol. The molecule has 0 bridgehead atoms. The van der Waals surface area contributed by atoms with Gasteiger partial charge in [0.15, 0.2) is 18.7 Å². The molecule has 6 N–H and O–H groups in total. The van der Waals surface area contributed by atoms with Gasteiger partial charge in [-0.05, 0) is 52.4 Å². The lowest BCUT2D eigenvalue weighted by Crippen LogP contribution is -2.58. The summed E-state index contributed by atoms with van der Waals surface area (Å²) >= 11 is 0. The SMILES string of the molecule is CCCCCCCCCCCCCCCC(=O)OCC(COC(=O)CC(CCCC(CCCCCCCCC)OC1O[C@H](C)[C@@H](O)[C@H](O)[C@H]1O)OC1O[C@H](C)[C@@H](O)[C@H](O)[C@H]1O)OC(=O)CCCCCCCCCCCCCCC. The van der Waals surface area contributed by atoms with Gasteiger partial charge in [-0.25, -0.2) is 0 Å². The largest absolute Gasteiger partial charge is 0.462 e. The Kier molecular flexibility index (Phi) is 43.8. The third-order valence-corrected chi connectivity index (χ3v) is 16.0. The van der Waals surface area contributed by atoms with E-state index in [0.29, 0.717) is 32.1 Å². The van der Waals surface area contributed by atoms with Crippen molar-refractivity contribution >= 4 is 17.9 Å². The zero-order valence-electron chi connectivity index (χ0n) is 50.5. The second-order valence-electron chi connectivity index (χ2n) is 23.4. The molecule has 0 aliphatic carbocycles. The molecule has 13 atom stereocenters. The van der Waals surface area contributed by atoms with Crippen molar-refractivity contribution in [3.05, 3.63) is 0 Å². The van der Waals surface area contributed by atoms with Crippen molar-refractivity contribution in [1.29, 1.82) is 0 Å². The number of unbranched alkanes of at least 4 members (excludes halogenated alkanes) is 30. The van der Waals surface area contributed by atoms with Crippen LogP contribution in [0.15, 0.2) is 0 Å². The molecule has 2 saturated heterocycles.